The van der Waals surface area contributed by atoms with E-state index in [9.17, 15) is 24.6 Å². The van der Waals surface area contributed by atoms with E-state index in [2.05, 4.69) is 42.1 Å². The number of carboxylic acid groups (broad SMARTS) is 1. The average Bonchev–Trinajstić information content (AvgIpc) is 3.24. The quantitative estimate of drug-likeness (QED) is 0.379. The number of carbonyl (C=O) groups excluding carboxylic acids is 2. The van der Waals surface area contributed by atoms with Crippen molar-refractivity contribution in [2.75, 3.05) is 57.8 Å². The number of anilines is 1. The molecule has 46 heavy (non-hydrogen) atoms. The number of amides is 4. The predicted molar refractivity (Wildman–Crippen MR) is 180 cm³/mol. The molecule has 6 rings (SSSR count). The molecule has 0 spiro atoms. The summed E-state index contributed by atoms with van der Waals surface area (Å²) in [5, 5.41) is 23.8. The highest BCUT2D eigenvalue weighted by atomic mass is 79.9. The van der Waals surface area contributed by atoms with Crippen LogP contribution in [0.4, 0.5) is 15.3 Å². The Morgan fingerprint density at radius 2 is 1.65 bits per heavy atom. The molecule has 4 amide bonds. The van der Waals surface area contributed by atoms with E-state index in [1.54, 1.807) is 12.1 Å². The van der Waals surface area contributed by atoms with Crippen molar-refractivity contribution in [2.45, 2.75) is 56.7 Å². The van der Waals surface area contributed by atoms with Gasteiger partial charge in [0.25, 0.3) is 0 Å². The smallest absolute Gasteiger partial charge is 0.407 e. The fourth-order valence-corrected chi connectivity index (χ4v) is 8.87. The van der Waals surface area contributed by atoms with Gasteiger partial charge in [0.1, 0.15) is 5.75 Å². The number of para-hydroxylation sites is 1. The first-order chi connectivity index (χ1) is 22.2. The number of phenols is 1. The van der Waals surface area contributed by atoms with Crippen LogP contribution >= 0.6 is 31.9 Å². The molecule has 248 valence electrons. The minimum atomic E-state index is -1.06. The van der Waals surface area contributed by atoms with E-state index in [-0.39, 0.29) is 36.7 Å². The summed E-state index contributed by atoms with van der Waals surface area (Å²) in [6.07, 6.45) is 2.75. The van der Waals surface area contributed by atoms with Crippen molar-refractivity contribution >= 4 is 55.6 Å². The molecule has 0 bridgehead atoms. The first kappa shape index (κ1) is 33.0. The number of nitrogens with one attached hydrogen (secondary N) is 1. The van der Waals surface area contributed by atoms with Gasteiger partial charge in [0.2, 0.25) is 5.91 Å². The van der Waals surface area contributed by atoms with Crippen LogP contribution in [0.5, 0.6) is 5.75 Å². The minimum Gasteiger partial charge on any atom is -0.506 e. The molecule has 4 heterocycles. The Hall–Kier alpha value is -2.87. The van der Waals surface area contributed by atoms with Crippen LogP contribution in [0, 0.1) is 5.92 Å². The molecular formula is C33H41Br2N5O6. The molecule has 13 heteroatoms. The summed E-state index contributed by atoms with van der Waals surface area (Å²) in [5.74, 6) is -0.686. The molecule has 3 saturated heterocycles. The maximum absolute atomic E-state index is 14.5. The van der Waals surface area contributed by atoms with Crippen LogP contribution in [-0.4, -0.2) is 118 Å². The van der Waals surface area contributed by atoms with Gasteiger partial charge in [-0.05, 0) is 99.7 Å². The van der Waals surface area contributed by atoms with Crippen molar-refractivity contribution in [3.8, 4) is 5.75 Å². The molecule has 0 saturated carbocycles. The third kappa shape index (κ3) is 7.17. The fraction of sp³-hybridized carbons (Fsp3) is 0.545. The number of hydrogen-bond acceptors (Lipinski definition) is 6. The van der Waals surface area contributed by atoms with Gasteiger partial charge in [0.15, 0.2) is 0 Å². The first-order valence-electron chi connectivity index (χ1n) is 16.1. The lowest BCUT2D eigenvalue weighted by atomic mass is 9.82. The molecule has 0 aliphatic carbocycles. The van der Waals surface area contributed by atoms with Crippen LogP contribution < -0.4 is 5.32 Å². The number of hydrogen-bond donors (Lipinski definition) is 3. The SMILES string of the molecule is O=C(C(Cc1cc(Br)c(O)c(Br)c1)[C@H]1CC(N2CCc3ccccc3NC2=O)CCN1C(=O)O)N1CCN(C2CCOCC2)CC1. The van der Waals surface area contributed by atoms with Crippen LogP contribution in [0.1, 0.15) is 36.8 Å². The molecule has 3 fully saturated rings. The highest BCUT2D eigenvalue weighted by Crippen LogP contribution is 2.37. The van der Waals surface area contributed by atoms with Crippen molar-refractivity contribution in [3.05, 3.63) is 56.5 Å². The lowest BCUT2D eigenvalue weighted by Crippen LogP contribution is -2.60. The zero-order valence-corrected chi connectivity index (χ0v) is 28.9. The fourth-order valence-electron chi connectivity index (χ4n) is 7.59. The third-order valence-corrected chi connectivity index (χ3v) is 11.3. The lowest BCUT2D eigenvalue weighted by Gasteiger charge is -2.46. The van der Waals surface area contributed by atoms with Gasteiger partial charge in [0.05, 0.1) is 14.9 Å². The number of benzene rings is 2. The van der Waals surface area contributed by atoms with Crippen LogP contribution in [0.15, 0.2) is 45.3 Å². The van der Waals surface area contributed by atoms with Gasteiger partial charge in [-0.3, -0.25) is 9.69 Å². The standard InChI is InChI=1S/C33H41Br2N5O6/c34-26-18-21(19-27(35)30(26)41)17-25(31(42)38-13-11-37(12-14-38)23-7-15-46-16-8-23)29-20-24(6-10-40(29)33(44)45)39-9-5-22-3-1-2-4-28(22)36-32(39)43/h1-4,18-19,23-25,29,41H,5-17,20H2,(H,36,43)(H,44,45)/t24?,25?,29-/m1/s1. The molecule has 11 nitrogen and oxygen atoms in total. The number of fused-ring (bicyclic) bond motifs is 1. The van der Waals surface area contributed by atoms with Crippen LogP contribution in [0.2, 0.25) is 0 Å². The molecule has 2 unspecified atom stereocenters. The maximum atomic E-state index is 14.5. The summed E-state index contributed by atoms with van der Waals surface area (Å²) in [6, 6.07) is 10.7. The Morgan fingerprint density at radius 3 is 2.35 bits per heavy atom. The second-order valence-electron chi connectivity index (χ2n) is 12.7. The molecular weight excluding hydrogens is 722 g/mol. The number of carbonyl (C=O) groups is 3. The Bertz CT molecular complexity index is 1420. The molecule has 2 aromatic rings. The van der Waals surface area contributed by atoms with Gasteiger partial charge in [-0.2, -0.15) is 0 Å². The topological polar surface area (TPSA) is 126 Å². The number of phenolic OH excluding ortho intramolecular Hbond substituents is 1. The second kappa shape index (κ2) is 14.5. The van der Waals surface area contributed by atoms with Gasteiger partial charge in [0, 0.05) is 76.3 Å². The molecule has 0 radical (unpaired) electrons. The Morgan fingerprint density at radius 1 is 0.957 bits per heavy atom. The van der Waals surface area contributed by atoms with Gasteiger partial charge in [-0.25, -0.2) is 9.59 Å². The van der Waals surface area contributed by atoms with Crippen molar-refractivity contribution in [1.82, 2.24) is 19.6 Å². The van der Waals surface area contributed by atoms with Crippen LogP contribution in [-0.2, 0) is 22.4 Å². The molecule has 2 aromatic carbocycles. The number of nitrogens with zero attached hydrogens (tertiary/aromatic N) is 4. The Labute approximate surface area is 286 Å². The van der Waals surface area contributed by atoms with E-state index in [4.69, 9.17) is 4.74 Å². The van der Waals surface area contributed by atoms with Gasteiger partial charge in [-0.15, -0.1) is 0 Å². The zero-order valence-electron chi connectivity index (χ0n) is 25.7. The summed E-state index contributed by atoms with van der Waals surface area (Å²) in [5.41, 5.74) is 2.66. The molecule has 3 N–H and O–H groups in total. The Kier molecular flexibility index (Phi) is 10.4. The molecule has 4 aliphatic rings. The second-order valence-corrected chi connectivity index (χ2v) is 14.4. The Balaban J connectivity index is 1.26. The van der Waals surface area contributed by atoms with Crippen molar-refractivity contribution in [1.29, 1.82) is 0 Å². The number of piperidine rings is 1. The summed E-state index contributed by atoms with van der Waals surface area (Å²) in [6.45, 7) is 4.95. The largest absolute Gasteiger partial charge is 0.506 e. The van der Waals surface area contributed by atoms with Crippen molar-refractivity contribution in [3.63, 3.8) is 0 Å². The molecule has 0 aromatic heterocycles. The molecule has 4 aliphatic heterocycles. The normalized spacial score (nSPS) is 23.8. The number of urea groups is 1. The predicted octanol–water partition coefficient (Wildman–Crippen LogP) is 5.00. The van der Waals surface area contributed by atoms with Crippen molar-refractivity contribution in [2.24, 2.45) is 5.92 Å². The van der Waals surface area contributed by atoms with E-state index < -0.39 is 18.1 Å². The highest BCUT2D eigenvalue weighted by Gasteiger charge is 2.44. The number of aromatic hydroxyl groups is 1. The molecule has 3 atom stereocenters. The van der Waals surface area contributed by atoms with Crippen LogP contribution in [0.3, 0.4) is 0 Å². The van der Waals surface area contributed by atoms with Gasteiger partial charge < -0.3 is 35.0 Å². The van der Waals surface area contributed by atoms with Crippen LogP contribution in [0.25, 0.3) is 0 Å². The first-order valence-corrected chi connectivity index (χ1v) is 17.7. The monoisotopic (exact) mass is 761 g/mol. The maximum Gasteiger partial charge on any atom is 0.407 e. The highest BCUT2D eigenvalue weighted by molar-refractivity contribution is 9.11. The summed E-state index contributed by atoms with van der Waals surface area (Å²) in [4.78, 5) is 48.3. The summed E-state index contributed by atoms with van der Waals surface area (Å²) < 4.78 is 6.53. The van der Waals surface area contributed by atoms with E-state index in [1.165, 1.54) is 4.90 Å². The lowest BCUT2D eigenvalue weighted by molar-refractivity contribution is -0.141. The van der Waals surface area contributed by atoms with E-state index in [0.717, 1.165) is 56.0 Å². The minimum absolute atomic E-state index is 0.0638. The number of halogens is 2. The average molecular weight is 764 g/mol. The number of rotatable bonds is 6. The van der Waals surface area contributed by atoms with Gasteiger partial charge >= 0.3 is 12.1 Å². The van der Waals surface area contributed by atoms with E-state index in [0.29, 0.717) is 53.9 Å². The number of piperazine rings is 1. The van der Waals surface area contributed by atoms with E-state index in [1.807, 2.05) is 34.1 Å². The number of likely N-dealkylation sites (tertiary alicyclic amines) is 1. The number of ether oxygens (including phenoxy) is 1. The third-order valence-electron chi connectivity index (χ3n) is 10.1. The summed E-state index contributed by atoms with van der Waals surface area (Å²) in [7, 11) is 0. The van der Waals surface area contributed by atoms with Crippen molar-refractivity contribution < 1.29 is 29.3 Å². The zero-order chi connectivity index (χ0) is 32.4. The van der Waals surface area contributed by atoms with Gasteiger partial charge in [-0.1, -0.05) is 18.2 Å². The summed E-state index contributed by atoms with van der Waals surface area (Å²) >= 11 is 6.84. The van der Waals surface area contributed by atoms with E-state index >= 15 is 0 Å².